The lowest BCUT2D eigenvalue weighted by molar-refractivity contribution is -0.168. The van der Waals surface area contributed by atoms with Crippen LogP contribution in [0, 0.1) is 11.8 Å². The van der Waals surface area contributed by atoms with E-state index in [1.165, 1.54) is 37.9 Å². The largest absolute Gasteiger partial charge is 0.461 e. The summed E-state index contributed by atoms with van der Waals surface area (Å²) >= 11 is 0. The Labute approximate surface area is 354 Å². The Kier molecular flexibility index (Phi) is 16.0. The number of carbonyl (C=O) groups is 6. The topological polar surface area (TPSA) is 152 Å². The van der Waals surface area contributed by atoms with Crippen LogP contribution in [0.15, 0.2) is 78.9 Å². The minimum atomic E-state index is -1.43. The first-order chi connectivity index (χ1) is 28.2. The van der Waals surface area contributed by atoms with Gasteiger partial charge >= 0.3 is 18.0 Å². The molecule has 0 radical (unpaired) electrons. The van der Waals surface area contributed by atoms with E-state index in [2.05, 4.69) is 5.32 Å². The van der Waals surface area contributed by atoms with Gasteiger partial charge in [-0.25, -0.2) is 9.59 Å². The summed E-state index contributed by atoms with van der Waals surface area (Å²) in [5, 5.41) is 2.59. The van der Waals surface area contributed by atoms with Crippen LogP contribution in [0.3, 0.4) is 0 Å². The van der Waals surface area contributed by atoms with Crippen LogP contribution in [0.5, 0.6) is 0 Å². The van der Waals surface area contributed by atoms with Crippen LogP contribution < -0.4 is 5.32 Å². The fourth-order valence-corrected chi connectivity index (χ4v) is 7.55. The second-order valence-corrected chi connectivity index (χ2v) is 17.3. The molecule has 0 bridgehead atoms. The zero-order valence-corrected chi connectivity index (χ0v) is 36.9. The van der Waals surface area contributed by atoms with Crippen molar-refractivity contribution >= 4 is 35.8 Å². The van der Waals surface area contributed by atoms with Crippen LogP contribution in [0.25, 0.3) is 11.1 Å². The third-order valence-electron chi connectivity index (χ3n) is 10.6. The number of ether oxygens (including phenoxy) is 3. The fourth-order valence-electron chi connectivity index (χ4n) is 7.55. The van der Waals surface area contributed by atoms with Crippen molar-refractivity contribution in [2.24, 2.45) is 11.8 Å². The van der Waals surface area contributed by atoms with E-state index in [1.807, 2.05) is 68.4 Å². The van der Waals surface area contributed by atoms with Crippen LogP contribution in [0.4, 0.5) is 4.79 Å². The number of nitrogens with zero attached hydrogens (tertiary/aromatic N) is 3. The average molecular weight is 827 g/mol. The number of nitrogens with one attached hydrogen (secondary N) is 1. The zero-order chi connectivity index (χ0) is 44.5. The molecule has 0 aromatic heterocycles. The van der Waals surface area contributed by atoms with Crippen molar-refractivity contribution in [1.29, 1.82) is 0 Å². The monoisotopic (exact) mass is 826 g/mol. The van der Waals surface area contributed by atoms with E-state index >= 15 is 0 Å². The second kappa shape index (κ2) is 20.5. The maximum absolute atomic E-state index is 14.6. The molecular formula is C47H62N4O9. The molecule has 0 aliphatic heterocycles. The molecular weight excluding hydrogens is 765 g/mol. The van der Waals surface area contributed by atoms with E-state index < -0.39 is 71.9 Å². The Morgan fingerprint density at radius 3 is 1.72 bits per heavy atom. The third-order valence-corrected chi connectivity index (χ3v) is 10.6. The third kappa shape index (κ3) is 11.9. The Morgan fingerprint density at radius 1 is 0.667 bits per heavy atom. The lowest BCUT2D eigenvalue weighted by atomic mass is 9.97. The first-order valence-corrected chi connectivity index (χ1v) is 20.6. The molecule has 1 aliphatic rings. The molecule has 4 atom stereocenters. The highest BCUT2D eigenvalue weighted by atomic mass is 16.6. The van der Waals surface area contributed by atoms with Crippen molar-refractivity contribution in [3.8, 4) is 11.1 Å². The number of benzene rings is 3. The van der Waals surface area contributed by atoms with Crippen LogP contribution in [-0.2, 0) is 44.8 Å². The lowest BCUT2D eigenvalue weighted by Gasteiger charge is -2.39. The van der Waals surface area contributed by atoms with Gasteiger partial charge in [0.25, 0.3) is 0 Å². The molecule has 324 valence electrons. The van der Waals surface area contributed by atoms with Crippen molar-refractivity contribution in [2.45, 2.75) is 111 Å². The molecule has 0 saturated carbocycles. The van der Waals surface area contributed by atoms with Gasteiger partial charge in [-0.3, -0.25) is 19.2 Å². The molecule has 60 heavy (non-hydrogen) atoms. The minimum Gasteiger partial charge on any atom is -0.461 e. The number of likely N-dealkylation sites (N-methyl/N-ethyl adjacent to an activating group) is 3. The molecule has 0 fully saturated rings. The van der Waals surface area contributed by atoms with Crippen molar-refractivity contribution in [3.63, 3.8) is 0 Å². The molecule has 4 amide bonds. The van der Waals surface area contributed by atoms with Gasteiger partial charge < -0.3 is 34.2 Å². The molecule has 13 nitrogen and oxygen atoms in total. The predicted octanol–water partition coefficient (Wildman–Crippen LogP) is 6.57. The Bertz CT molecular complexity index is 1950. The van der Waals surface area contributed by atoms with Gasteiger partial charge in [-0.15, -0.1) is 0 Å². The number of alkyl carbamates (subject to hydrolysis) is 1. The smallest absolute Gasteiger partial charge is 0.407 e. The van der Waals surface area contributed by atoms with Gasteiger partial charge in [0, 0.05) is 27.1 Å². The first-order valence-electron chi connectivity index (χ1n) is 20.6. The molecule has 13 heteroatoms. The van der Waals surface area contributed by atoms with E-state index in [0.29, 0.717) is 0 Å². The molecule has 3 aromatic carbocycles. The Balaban J connectivity index is 1.54. The quantitative estimate of drug-likeness (QED) is 0.118. The summed E-state index contributed by atoms with van der Waals surface area (Å²) in [6.45, 7) is 14.1. The maximum Gasteiger partial charge on any atom is 0.407 e. The number of rotatable bonds is 17. The highest BCUT2D eigenvalue weighted by Crippen LogP contribution is 2.44. The van der Waals surface area contributed by atoms with Crippen LogP contribution >= 0.6 is 0 Å². The first kappa shape index (κ1) is 47.0. The Morgan fingerprint density at radius 2 is 1.18 bits per heavy atom. The van der Waals surface area contributed by atoms with Crippen molar-refractivity contribution in [2.75, 3.05) is 27.7 Å². The lowest BCUT2D eigenvalue weighted by Crippen LogP contribution is -2.59. The number of hydrogen-bond donors (Lipinski definition) is 1. The molecule has 0 heterocycles. The van der Waals surface area contributed by atoms with E-state index in [4.69, 9.17) is 14.2 Å². The van der Waals surface area contributed by atoms with Crippen molar-refractivity contribution in [3.05, 3.63) is 95.6 Å². The van der Waals surface area contributed by atoms with Gasteiger partial charge in [-0.05, 0) is 73.8 Å². The van der Waals surface area contributed by atoms with E-state index in [9.17, 15) is 28.8 Å². The van der Waals surface area contributed by atoms with Gasteiger partial charge in [0.1, 0.15) is 43.0 Å². The van der Waals surface area contributed by atoms with Gasteiger partial charge in [0.15, 0.2) is 0 Å². The van der Waals surface area contributed by atoms with Gasteiger partial charge in [-0.1, -0.05) is 107 Å². The standard InChI is InChI=1S/C47H62N4O9/c1-29(2)25-38(44(55)51(11)41(30(3)4)45(56)60-47(6,7)8)50(10)43(54)39(26-40(52)58-27-32-19-13-12-14-20-32)49(9)42(53)31(5)48-46(57)59-28-37-35-23-17-15-21-33(35)34-22-16-18-24-36(34)37/h12-24,29-31,37-39,41H,25-28H2,1-11H3,(H,48,57)/t31-,38+,39+,41+/m1/s1. The van der Waals surface area contributed by atoms with Crippen LogP contribution in [0.1, 0.15) is 90.8 Å². The molecule has 0 unspecified atom stereocenters. The van der Waals surface area contributed by atoms with Crippen molar-refractivity contribution < 1.29 is 43.0 Å². The summed E-state index contributed by atoms with van der Waals surface area (Å²) < 4.78 is 16.9. The summed E-state index contributed by atoms with van der Waals surface area (Å²) in [4.78, 5) is 86.6. The van der Waals surface area contributed by atoms with Gasteiger partial charge in [0.2, 0.25) is 17.7 Å². The number of hydrogen-bond acceptors (Lipinski definition) is 9. The Hall–Kier alpha value is -5.72. The van der Waals surface area contributed by atoms with Crippen LogP contribution in [-0.4, -0.2) is 108 Å². The minimum absolute atomic E-state index is 0.0288. The number of esters is 2. The normalized spacial score (nSPS) is 14.2. The summed E-state index contributed by atoms with van der Waals surface area (Å²) in [5.41, 5.74) is 4.14. The summed E-state index contributed by atoms with van der Waals surface area (Å²) in [5.74, 6) is -3.82. The highest BCUT2D eigenvalue weighted by molar-refractivity contribution is 5.96. The SMILES string of the molecule is CC(C)C[C@@H](C(=O)N(C)[C@H](C(=O)OC(C)(C)C)C(C)C)N(C)C(=O)[C@H](CC(=O)OCc1ccccc1)N(C)C(=O)[C@@H](C)NC(=O)OCC1c2ccccc2-c2ccccc21. The van der Waals surface area contributed by atoms with Gasteiger partial charge in [0.05, 0.1) is 6.42 Å². The number of fused-ring (bicyclic) bond motifs is 3. The van der Waals surface area contributed by atoms with E-state index in [0.717, 1.165) is 32.7 Å². The second-order valence-electron chi connectivity index (χ2n) is 17.3. The van der Waals surface area contributed by atoms with Crippen LogP contribution in [0.2, 0.25) is 0 Å². The maximum atomic E-state index is 14.6. The number of carbonyl (C=O) groups excluding carboxylic acids is 6. The number of amides is 4. The van der Waals surface area contributed by atoms with E-state index in [1.54, 1.807) is 58.9 Å². The summed E-state index contributed by atoms with van der Waals surface area (Å²) in [6, 6.07) is 20.2. The fraction of sp³-hybridized carbons (Fsp3) is 0.489. The summed E-state index contributed by atoms with van der Waals surface area (Å²) in [6.07, 6.45) is -1.16. The highest BCUT2D eigenvalue weighted by Gasteiger charge is 2.42. The van der Waals surface area contributed by atoms with Crippen molar-refractivity contribution in [1.82, 2.24) is 20.0 Å². The molecule has 1 N–H and O–H groups in total. The molecule has 0 saturated heterocycles. The predicted molar refractivity (Wildman–Crippen MR) is 228 cm³/mol. The zero-order valence-electron chi connectivity index (χ0n) is 36.9. The average Bonchev–Trinajstić information content (AvgIpc) is 3.51. The van der Waals surface area contributed by atoms with Gasteiger partial charge in [-0.2, -0.15) is 0 Å². The molecule has 0 spiro atoms. The molecule has 1 aliphatic carbocycles. The molecule has 4 rings (SSSR count). The summed E-state index contributed by atoms with van der Waals surface area (Å²) in [7, 11) is 4.31. The van der Waals surface area contributed by atoms with E-state index in [-0.39, 0.29) is 37.4 Å². The molecule has 3 aromatic rings.